The summed E-state index contributed by atoms with van der Waals surface area (Å²) in [5.74, 6) is -0.959. The summed E-state index contributed by atoms with van der Waals surface area (Å²) in [5, 5.41) is 0. The Bertz CT molecular complexity index is 550. The van der Waals surface area contributed by atoms with Crippen molar-refractivity contribution in [1.82, 2.24) is 4.90 Å². The summed E-state index contributed by atoms with van der Waals surface area (Å²) in [6.07, 6.45) is -3.07. The summed E-state index contributed by atoms with van der Waals surface area (Å²) in [6, 6.07) is 8.41. The number of carbonyl (C=O) groups excluding carboxylic acids is 1. The summed E-state index contributed by atoms with van der Waals surface area (Å²) in [7, 11) is 0. The van der Waals surface area contributed by atoms with E-state index in [0.717, 1.165) is 5.56 Å². The zero-order chi connectivity index (χ0) is 17.3. The van der Waals surface area contributed by atoms with Gasteiger partial charge in [0.15, 0.2) is 0 Å². The Hall–Kier alpha value is -1.55. The highest BCUT2D eigenvalue weighted by Gasteiger charge is 2.32. The molecule has 1 aromatic carbocycles. The second-order valence-corrected chi connectivity index (χ2v) is 4.36. The van der Waals surface area contributed by atoms with E-state index in [0.29, 0.717) is 0 Å². The Labute approximate surface area is 115 Å². The lowest BCUT2D eigenvalue weighted by Crippen LogP contribution is -2.32. The van der Waals surface area contributed by atoms with Crippen molar-refractivity contribution < 1.29 is 16.4 Å². The summed E-state index contributed by atoms with van der Waals surface area (Å²) in [5.41, 5.74) is 6.69. The fourth-order valence-electron chi connectivity index (χ4n) is 1.94. The Morgan fingerprint density at radius 2 is 2.33 bits per heavy atom. The van der Waals surface area contributed by atoms with Crippen LogP contribution in [0.4, 0.5) is 4.79 Å². The maximum atomic E-state index is 12.1. The highest BCUT2D eigenvalue weighted by Crippen LogP contribution is 2.19. The van der Waals surface area contributed by atoms with Crippen LogP contribution in [-0.2, 0) is 11.3 Å². The predicted octanol–water partition coefficient (Wildman–Crippen LogP) is 1.99. The maximum absolute atomic E-state index is 12.1. The molecular weight excluding hydrogens is 228 g/mol. The number of nitrogens with two attached hydrogens (primary N) is 1. The highest BCUT2D eigenvalue weighted by molar-refractivity contribution is 5.68. The van der Waals surface area contributed by atoms with E-state index in [-0.39, 0.29) is 19.7 Å². The average Bonchev–Trinajstić information content (AvgIpc) is 2.87. The molecule has 2 rings (SSSR count). The van der Waals surface area contributed by atoms with Crippen molar-refractivity contribution in [2.75, 3.05) is 13.1 Å². The Morgan fingerprint density at radius 3 is 3.06 bits per heavy atom. The molecule has 1 fully saturated rings. The van der Waals surface area contributed by atoms with E-state index in [1.54, 1.807) is 0 Å². The fourth-order valence-corrected chi connectivity index (χ4v) is 1.94. The van der Waals surface area contributed by atoms with Crippen LogP contribution < -0.4 is 5.73 Å². The van der Waals surface area contributed by atoms with E-state index in [1.807, 2.05) is 30.3 Å². The number of ether oxygens (including phenoxy) is 1. The Kier molecular flexibility index (Phi) is 2.54. The zero-order valence-corrected chi connectivity index (χ0v) is 10.0. The van der Waals surface area contributed by atoms with E-state index >= 15 is 0 Å². The lowest BCUT2D eigenvalue weighted by atomic mass is 10.0. The molecule has 2 unspecified atom stereocenters. The third kappa shape index (κ3) is 3.01. The summed E-state index contributed by atoms with van der Waals surface area (Å²) in [4.78, 5) is 13.3. The van der Waals surface area contributed by atoms with Crippen molar-refractivity contribution >= 4 is 6.09 Å². The van der Waals surface area contributed by atoms with Crippen molar-refractivity contribution in [3.63, 3.8) is 0 Å². The van der Waals surface area contributed by atoms with Crippen LogP contribution >= 0.6 is 0 Å². The summed E-state index contributed by atoms with van der Waals surface area (Å²) >= 11 is 0. The van der Waals surface area contributed by atoms with Gasteiger partial charge in [-0.05, 0) is 11.5 Å². The van der Waals surface area contributed by atoms with Gasteiger partial charge in [0.05, 0.1) is 0 Å². The normalized spacial score (nSPS) is 28.7. The van der Waals surface area contributed by atoms with Gasteiger partial charge in [0.25, 0.3) is 0 Å². The Balaban J connectivity index is 1.96. The quantitative estimate of drug-likeness (QED) is 0.896. The van der Waals surface area contributed by atoms with E-state index in [4.69, 9.17) is 17.3 Å². The monoisotopic (exact) mass is 253 g/mol. The van der Waals surface area contributed by atoms with Gasteiger partial charge < -0.3 is 15.4 Å². The number of nitrogens with zero attached hydrogens (tertiary/aromatic N) is 1. The van der Waals surface area contributed by atoms with Crippen molar-refractivity contribution in [3.05, 3.63) is 35.9 Å². The van der Waals surface area contributed by atoms with Crippen molar-refractivity contribution in [3.8, 4) is 0 Å². The molecule has 98 valence electrons. The molecule has 1 aliphatic heterocycles. The Morgan fingerprint density at radius 1 is 1.56 bits per heavy atom. The number of carbonyl (C=O) groups is 1. The second kappa shape index (κ2) is 5.87. The van der Waals surface area contributed by atoms with Gasteiger partial charge in [-0.25, -0.2) is 4.79 Å². The summed E-state index contributed by atoms with van der Waals surface area (Å²) in [6.45, 7) is -2.68. The van der Waals surface area contributed by atoms with Crippen molar-refractivity contribution in [2.24, 2.45) is 11.7 Å². The lowest BCUT2D eigenvalue weighted by Gasteiger charge is -2.15. The first kappa shape index (κ1) is 7.79. The number of hydrogen-bond donors (Lipinski definition) is 1. The van der Waals surface area contributed by atoms with Gasteiger partial charge in [0.2, 0.25) is 0 Å². The van der Waals surface area contributed by atoms with Gasteiger partial charge in [0.1, 0.15) is 6.61 Å². The van der Waals surface area contributed by atoms with E-state index in [9.17, 15) is 4.79 Å². The van der Waals surface area contributed by atoms with Crippen LogP contribution in [0.25, 0.3) is 0 Å². The maximum Gasteiger partial charge on any atom is 0.410 e. The number of benzene rings is 1. The molecule has 4 nitrogen and oxygen atoms in total. The van der Waals surface area contributed by atoms with E-state index < -0.39 is 31.3 Å². The molecule has 0 spiro atoms. The number of likely N-dealkylation sites (tertiary alicyclic amines) is 1. The highest BCUT2D eigenvalue weighted by atomic mass is 16.6. The molecule has 0 aliphatic carbocycles. The minimum Gasteiger partial charge on any atom is -0.445 e. The third-order valence-corrected chi connectivity index (χ3v) is 3.01. The van der Waals surface area contributed by atoms with E-state index in [1.165, 1.54) is 4.90 Å². The third-order valence-electron chi connectivity index (χ3n) is 3.01. The van der Waals surface area contributed by atoms with Gasteiger partial charge in [-0.15, -0.1) is 0 Å². The molecule has 2 atom stereocenters. The van der Waals surface area contributed by atoms with Crippen LogP contribution in [0.5, 0.6) is 0 Å². The molecule has 0 aromatic heterocycles. The van der Waals surface area contributed by atoms with Gasteiger partial charge in [-0.1, -0.05) is 43.6 Å². The number of hydrogen-bond acceptors (Lipinski definition) is 3. The van der Waals surface area contributed by atoms with Crippen LogP contribution in [0.2, 0.25) is 0 Å². The first-order valence-corrected chi connectivity index (χ1v) is 5.84. The second-order valence-electron chi connectivity index (χ2n) is 4.36. The molecule has 18 heavy (non-hydrogen) atoms. The molecule has 0 radical (unpaired) electrons. The van der Waals surface area contributed by atoms with E-state index in [2.05, 4.69) is 0 Å². The fraction of sp³-hybridized carbons (Fsp3) is 0.500. The van der Waals surface area contributed by atoms with Gasteiger partial charge in [-0.2, -0.15) is 0 Å². The molecule has 1 aliphatic rings. The van der Waals surface area contributed by atoms with Crippen LogP contribution in [-0.4, -0.2) is 30.1 Å². The average molecular weight is 253 g/mol. The van der Waals surface area contributed by atoms with Gasteiger partial charge >= 0.3 is 6.09 Å². The van der Waals surface area contributed by atoms with Gasteiger partial charge in [-0.3, -0.25) is 0 Å². The molecule has 0 bridgehead atoms. The van der Waals surface area contributed by atoms with Crippen molar-refractivity contribution in [1.29, 1.82) is 0 Å². The molecule has 1 heterocycles. The topological polar surface area (TPSA) is 55.6 Å². The summed E-state index contributed by atoms with van der Waals surface area (Å²) < 4.78 is 42.8. The smallest absolute Gasteiger partial charge is 0.410 e. The largest absolute Gasteiger partial charge is 0.445 e. The standard InChI is InChI=1S/C14H20N2O2/c1-2-12-8-16(9-13(12)15)14(17)18-10-11-6-4-3-5-7-11/h3-7,12-13H,2,8-10,15H2,1H3/i1D3,2D2. The zero-order valence-electron chi connectivity index (χ0n) is 15.0. The molecule has 1 aromatic rings. The molecule has 4 heteroatoms. The minimum absolute atomic E-state index is 0.0693. The molecule has 1 amide bonds. The van der Waals surface area contributed by atoms with Crippen LogP contribution in [0.3, 0.4) is 0 Å². The first-order valence-electron chi connectivity index (χ1n) is 8.34. The first-order chi connectivity index (χ1) is 10.6. The molecule has 0 saturated carbocycles. The SMILES string of the molecule is [2H]C([2H])([2H])C([2H])([2H])C1CN(C(=O)OCc2ccccc2)CC1N. The minimum atomic E-state index is -2.79. The van der Waals surface area contributed by atoms with Crippen LogP contribution in [0.15, 0.2) is 30.3 Å². The van der Waals surface area contributed by atoms with Gasteiger partial charge in [0, 0.05) is 26.0 Å². The van der Waals surface area contributed by atoms with Crippen LogP contribution in [0.1, 0.15) is 25.6 Å². The number of rotatable bonds is 3. The van der Waals surface area contributed by atoms with Crippen LogP contribution in [0, 0.1) is 5.92 Å². The van der Waals surface area contributed by atoms with Crippen molar-refractivity contribution in [2.45, 2.75) is 25.9 Å². The predicted molar refractivity (Wildman–Crippen MR) is 70.0 cm³/mol. The molecule has 2 N–H and O–H groups in total. The molecular formula is C14H20N2O2. The number of amides is 1. The molecule has 1 saturated heterocycles. The lowest BCUT2D eigenvalue weighted by molar-refractivity contribution is 0.103.